The number of hydrogen-bond donors (Lipinski definition) is 2. The molecule has 7 heteroatoms. The molecule has 2 rings (SSSR count). The summed E-state index contributed by atoms with van der Waals surface area (Å²) in [7, 11) is 0. The SMILES string of the molecule is CCC(C)C(NC(=O)OC(C)(C)C)C(=O)N(C(C)CC)C(C(=O)NC1CCCCC1)c1cc(C)ccc1C. The fraction of sp³-hybridized carbons (Fsp3) is 0.710. The van der Waals surface area contributed by atoms with Crippen LogP contribution in [0.2, 0.25) is 0 Å². The van der Waals surface area contributed by atoms with E-state index in [1.165, 1.54) is 6.42 Å². The molecule has 1 saturated carbocycles. The van der Waals surface area contributed by atoms with Crippen LogP contribution < -0.4 is 10.6 Å². The number of nitrogens with zero attached hydrogens (tertiary/aromatic N) is 1. The largest absolute Gasteiger partial charge is 0.444 e. The highest BCUT2D eigenvalue weighted by Crippen LogP contribution is 2.31. The molecule has 0 saturated heterocycles. The van der Waals surface area contributed by atoms with Gasteiger partial charge in [0.2, 0.25) is 11.8 Å². The Bertz CT molecular complexity index is 949. The molecule has 4 unspecified atom stereocenters. The van der Waals surface area contributed by atoms with Crippen LogP contribution in [-0.2, 0) is 14.3 Å². The minimum absolute atomic E-state index is 0.114. The highest BCUT2D eigenvalue weighted by molar-refractivity contribution is 5.93. The maximum absolute atomic E-state index is 14.4. The van der Waals surface area contributed by atoms with Crippen molar-refractivity contribution in [2.45, 2.75) is 137 Å². The Morgan fingerprint density at radius 2 is 1.66 bits per heavy atom. The van der Waals surface area contributed by atoms with Crippen molar-refractivity contribution in [2.75, 3.05) is 0 Å². The van der Waals surface area contributed by atoms with Gasteiger partial charge in [-0.1, -0.05) is 70.2 Å². The summed E-state index contributed by atoms with van der Waals surface area (Å²) in [6.07, 6.45) is 6.03. The van der Waals surface area contributed by atoms with Crippen LogP contribution in [0.15, 0.2) is 18.2 Å². The van der Waals surface area contributed by atoms with Gasteiger partial charge in [0.25, 0.3) is 0 Å². The van der Waals surface area contributed by atoms with Gasteiger partial charge in [-0.05, 0) is 77.8 Å². The Morgan fingerprint density at radius 1 is 1.03 bits per heavy atom. The molecule has 2 N–H and O–H groups in total. The van der Waals surface area contributed by atoms with E-state index in [4.69, 9.17) is 4.74 Å². The van der Waals surface area contributed by atoms with Crippen LogP contribution in [0.25, 0.3) is 0 Å². The van der Waals surface area contributed by atoms with Crippen molar-refractivity contribution < 1.29 is 19.1 Å². The third kappa shape index (κ3) is 8.74. The molecule has 1 aromatic carbocycles. The van der Waals surface area contributed by atoms with Crippen LogP contribution in [-0.4, -0.2) is 46.5 Å². The lowest BCUT2D eigenvalue weighted by Gasteiger charge is -2.40. The third-order valence-electron chi connectivity index (χ3n) is 7.68. The summed E-state index contributed by atoms with van der Waals surface area (Å²) < 4.78 is 5.51. The van der Waals surface area contributed by atoms with Crippen LogP contribution in [0.5, 0.6) is 0 Å². The van der Waals surface area contributed by atoms with Gasteiger partial charge in [0.15, 0.2) is 0 Å². The van der Waals surface area contributed by atoms with Crippen molar-refractivity contribution >= 4 is 17.9 Å². The smallest absolute Gasteiger partial charge is 0.408 e. The average Bonchev–Trinajstić information content (AvgIpc) is 2.85. The van der Waals surface area contributed by atoms with Crippen LogP contribution in [0.4, 0.5) is 4.79 Å². The van der Waals surface area contributed by atoms with E-state index in [1.54, 1.807) is 25.7 Å². The van der Waals surface area contributed by atoms with Crippen LogP contribution in [0, 0.1) is 19.8 Å². The summed E-state index contributed by atoms with van der Waals surface area (Å²) in [6.45, 7) is 17.3. The number of amides is 3. The van der Waals surface area contributed by atoms with Crippen molar-refractivity contribution in [1.82, 2.24) is 15.5 Å². The topological polar surface area (TPSA) is 87.7 Å². The van der Waals surface area contributed by atoms with Gasteiger partial charge in [0.1, 0.15) is 17.7 Å². The summed E-state index contributed by atoms with van der Waals surface area (Å²) in [5.74, 6) is -0.564. The molecule has 0 spiro atoms. The van der Waals surface area contributed by atoms with E-state index in [1.807, 2.05) is 59.7 Å². The van der Waals surface area contributed by atoms with E-state index in [0.29, 0.717) is 12.8 Å². The maximum atomic E-state index is 14.4. The summed E-state index contributed by atoms with van der Waals surface area (Å²) in [5, 5.41) is 6.14. The number of alkyl carbamates (subject to hydrolysis) is 1. The molecular weight excluding hydrogens is 478 g/mol. The number of rotatable bonds is 10. The van der Waals surface area contributed by atoms with Crippen LogP contribution >= 0.6 is 0 Å². The summed E-state index contributed by atoms with van der Waals surface area (Å²) in [6, 6.07) is 4.32. The Hall–Kier alpha value is -2.57. The normalized spacial score (nSPS) is 17.6. The molecule has 0 aliphatic heterocycles. The van der Waals surface area contributed by atoms with Gasteiger partial charge in [-0.2, -0.15) is 0 Å². The van der Waals surface area contributed by atoms with Crippen LogP contribution in [0.3, 0.4) is 0 Å². The number of benzene rings is 1. The molecule has 1 aliphatic carbocycles. The Balaban J connectivity index is 2.57. The van der Waals surface area contributed by atoms with Gasteiger partial charge in [0.05, 0.1) is 0 Å². The molecule has 38 heavy (non-hydrogen) atoms. The first kappa shape index (κ1) is 31.6. The predicted molar refractivity (Wildman–Crippen MR) is 153 cm³/mol. The Morgan fingerprint density at radius 3 is 2.21 bits per heavy atom. The second-order valence-electron chi connectivity index (χ2n) is 12.1. The van der Waals surface area contributed by atoms with Gasteiger partial charge < -0.3 is 20.3 Å². The highest BCUT2D eigenvalue weighted by atomic mass is 16.6. The van der Waals surface area contributed by atoms with Crippen molar-refractivity contribution in [3.05, 3.63) is 34.9 Å². The van der Waals surface area contributed by atoms with Gasteiger partial charge in [-0.25, -0.2) is 4.79 Å². The number of carbonyl (C=O) groups excluding carboxylic acids is 3. The minimum atomic E-state index is -0.820. The van der Waals surface area contributed by atoms with Crippen molar-refractivity contribution in [3.63, 3.8) is 0 Å². The fourth-order valence-electron chi connectivity index (χ4n) is 5.07. The number of nitrogens with one attached hydrogen (secondary N) is 2. The molecule has 3 amide bonds. The van der Waals surface area contributed by atoms with Crippen LogP contribution in [0.1, 0.15) is 116 Å². The molecule has 0 heterocycles. The van der Waals surface area contributed by atoms with Crippen molar-refractivity contribution in [1.29, 1.82) is 0 Å². The molecule has 0 radical (unpaired) electrons. The van der Waals surface area contributed by atoms with E-state index >= 15 is 0 Å². The molecule has 214 valence electrons. The molecule has 1 fully saturated rings. The monoisotopic (exact) mass is 529 g/mol. The first-order valence-electron chi connectivity index (χ1n) is 14.5. The molecule has 0 aromatic heterocycles. The first-order chi connectivity index (χ1) is 17.8. The maximum Gasteiger partial charge on any atom is 0.408 e. The zero-order chi connectivity index (χ0) is 28.6. The number of aryl methyl sites for hydroxylation is 2. The molecule has 0 bridgehead atoms. The molecule has 4 atom stereocenters. The third-order valence-corrected chi connectivity index (χ3v) is 7.68. The Labute approximate surface area is 230 Å². The lowest BCUT2D eigenvalue weighted by molar-refractivity contribution is -0.146. The van der Waals surface area contributed by atoms with Crippen molar-refractivity contribution in [2.24, 2.45) is 5.92 Å². The zero-order valence-corrected chi connectivity index (χ0v) is 25.1. The fourth-order valence-corrected chi connectivity index (χ4v) is 5.07. The zero-order valence-electron chi connectivity index (χ0n) is 25.1. The van der Waals surface area contributed by atoms with E-state index in [-0.39, 0.29) is 29.8 Å². The summed E-state index contributed by atoms with van der Waals surface area (Å²) in [4.78, 5) is 43.0. The second kappa shape index (κ2) is 14.0. The quantitative estimate of drug-likeness (QED) is 0.369. The van der Waals surface area contributed by atoms with Gasteiger partial charge in [0, 0.05) is 12.1 Å². The number of ether oxygens (including phenoxy) is 1. The van der Waals surface area contributed by atoms with E-state index in [9.17, 15) is 14.4 Å². The molecule has 7 nitrogen and oxygen atoms in total. The van der Waals surface area contributed by atoms with Crippen molar-refractivity contribution in [3.8, 4) is 0 Å². The number of hydrogen-bond acceptors (Lipinski definition) is 4. The standard InChI is InChI=1S/C31H51N3O4/c1-10-21(4)26(33-30(37)38-31(7,8)9)29(36)34(23(6)11-2)27(25-19-20(3)17-18-22(25)5)28(35)32-24-15-13-12-14-16-24/h17-19,21,23-24,26-27H,10-16H2,1-9H3,(H,32,35)(H,33,37). The second-order valence-corrected chi connectivity index (χ2v) is 12.1. The molecule has 1 aliphatic rings. The summed E-state index contributed by atoms with van der Waals surface area (Å²) in [5.41, 5.74) is 2.13. The minimum Gasteiger partial charge on any atom is -0.444 e. The van der Waals surface area contributed by atoms with E-state index in [2.05, 4.69) is 10.6 Å². The average molecular weight is 530 g/mol. The lowest BCUT2D eigenvalue weighted by atomic mass is 9.91. The van der Waals surface area contributed by atoms with E-state index < -0.39 is 23.8 Å². The first-order valence-corrected chi connectivity index (χ1v) is 14.5. The molecular formula is C31H51N3O4. The number of carbonyl (C=O) groups is 3. The van der Waals surface area contributed by atoms with E-state index in [0.717, 1.165) is 42.4 Å². The van der Waals surface area contributed by atoms with Gasteiger partial charge in [-0.15, -0.1) is 0 Å². The van der Waals surface area contributed by atoms with Gasteiger partial charge in [-0.3, -0.25) is 9.59 Å². The summed E-state index contributed by atoms with van der Waals surface area (Å²) >= 11 is 0. The molecule has 1 aromatic rings. The highest BCUT2D eigenvalue weighted by Gasteiger charge is 2.41. The lowest BCUT2D eigenvalue weighted by Crippen LogP contribution is -2.58. The van der Waals surface area contributed by atoms with Gasteiger partial charge >= 0.3 is 6.09 Å². The predicted octanol–water partition coefficient (Wildman–Crippen LogP) is 6.36. The Kier molecular flexibility index (Phi) is 11.7.